The summed E-state index contributed by atoms with van der Waals surface area (Å²) in [6.45, 7) is 4.19. The van der Waals surface area contributed by atoms with Crippen LogP contribution in [0, 0.1) is 6.92 Å². The minimum absolute atomic E-state index is 0. The fourth-order valence-corrected chi connectivity index (χ4v) is 3.01. The summed E-state index contributed by atoms with van der Waals surface area (Å²) in [4.78, 5) is 21.5. The topological polar surface area (TPSA) is 67.2 Å². The lowest BCUT2D eigenvalue weighted by Gasteiger charge is -2.22. The summed E-state index contributed by atoms with van der Waals surface area (Å²) in [5.41, 5.74) is 5.25. The van der Waals surface area contributed by atoms with Crippen LogP contribution in [0.2, 0.25) is 0 Å². The van der Waals surface area contributed by atoms with Crippen LogP contribution < -0.4 is 17.8 Å². The molecule has 2 heterocycles. The summed E-state index contributed by atoms with van der Waals surface area (Å²) >= 11 is 1.55. The van der Waals surface area contributed by atoms with E-state index in [2.05, 4.69) is 20.5 Å². The molecule has 1 N–H and O–H groups in total. The molecule has 2 aromatic rings. The molecule has 0 saturated heterocycles. The highest BCUT2D eigenvalue weighted by Gasteiger charge is 2.15. The highest BCUT2D eigenvalue weighted by atomic mass is 35.5. The van der Waals surface area contributed by atoms with Gasteiger partial charge in [-0.15, -0.1) is 11.3 Å². The standard InChI is InChI=1S/C16H21N5OS.ClH/c1-11-15(12(2)19-20-14(22)10-21(3,4)5)23-16(18-11)13-7-6-8-17-9-13;/h6-9H,10H2,1-5H3;1H. The van der Waals surface area contributed by atoms with Crippen LogP contribution in [0.4, 0.5) is 0 Å². The Labute approximate surface area is 152 Å². The van der Waals surface area contributed by atoms with Crippen LogP contribution in [0.25, 0.3) is 10.6 Å². The molecule has 6 nitrogen and oxygen atoms in total. The van der Waals surface area contributed by atoms with E-state index in [4.69, 9.17) is 0 Å². The van der Waals surface area contributed by atoms with Gasteiger partial charge in [0, 0.05) is 18.0 Å². The molecular formula is C16H22ClN5OS. The average Bonchev–Trinajstić information content (AvgIpc) is 2.86. The summed E-state index contributed by atoms with van der Waals surface area (Å²) in [5.74, 6) is -0.105. The summed E-state index contributed by atoms with van der Waals surface area (Å²) in [6, 6.07) is 3.86. The van der Waals surface area contributed by atoms with Crippen molar-refractivity contribution in [1.82, 2.24) is 15.4 Å². The van der Waals surface area contributed by atoms with E-state index in [9.17, 15) is 4.79 Å². The van der Waals surface area contributed by atoms with Crippen molar-refractivity contribution in [2.75, 3.05) is 27.7 Å². The molecule has 0 unspecified atom stereocenters. The minimum Gasteiger partial charge on any atom is -1.00 e. The zero-order chi connectivity index (χ0) is 17.0. The van der Waals surface area contributed by atoms with Gasteiger partial charge in [-0.05, 0) is 26.0 Å². The van der Waals surface area contributed by atoms with Crippen LogP contribution in [-0.2, 0) is 4.79 Å². The second-order valence-electron chi connectivity index (χ2n) is 6.36. The number of aryl methyl sites for hydroxylation is 1. The Hall–Kier alpha value is -1.83. The average molecular weight is 368 g/mol. The normalized spacial score (nSPS) is 11.8. The number of hydrazone groups is 1. The Balaban J connectivity index is 0.00000288. The Morgan fingerprint density at radius 2 is 2.08 bits per heavy atom. The van der Waals surface area contributed by atoms with E-state index >= 15 is 0 Å². The van der Waals surface area contributed by atoms with Gasteiger partial charge in [-0.2, -0.15) is 5.10 Å². The molecule has 8 heteroatoms. The Kier molecular flexibility index (Phi) is 7.01. The van der Waals surface area contributed by atoms with Gasteiger partial charge in [0.15, 0.2) is 6.54 Å². The van der Waals surface area contributed by atoms with Crippen molar-refractivity contribution in [3.05, 3.63) is 35.1 Å². The molecule has 2 rings (SSSR count). The fourth-order valence-electron chi connectivity index (χ4n) is 2.01. The van der Waals surface area contributed by atoms with E-state index in [1.165, 1.54) is 0 Å². The van der Waals surface area contributed by atoms with Crippen molar-refractivity contribution >= 4 is 23.0 Å². The van der Waals surface area contributed by atoms with Crippen molar-refractivity contribution in [2.45, 2.75) is 13.8 Å². The number of quaternary nitrogens is 1. The highest BCUT2D eigenvalue weighted by Crippen LogP contribution is 2.27. The van der Waals surface area contributed by atoms with Gasteiger partial charge in [-0.25, -0.2) is 10.4 Å². The van der Waals surface area contributed by atoms with Crippen molar-refractivity contribution in [3.63, 3.8) is 0 Å². The zero-order valence-electron chi connectivity index (χ0n) is 14.5. The summed E-state index contributed by atoms with van der Waals surface area (Å²) in [6.07, 6.45) is 3.53. The Morgan fingerprint density at radius 1 is 1.38 bits per heavy atom. The highest BCUT2D eigenvalue weighted by molar-refractivity contribution is 7.17. The zero-order valence-corrected chi connectivity index (χ0v) is 16.1. The van der Waals surface area contributed by atoms with Crippen molar-refractivity contribution in [3.8, 4) is 10.6 Å². The van der Waals surface area contributed by atoms with Crippen LogP contribution in [-0.4, -0.2) is 53.8 Å². The van der Waals surface area contributed by atoms with E-state index in [0.717, 1.165) is 26.9 Å². The number of aromatic nitrogens is 2. The van der Waals surface area contributed by atoms with Crippen LogP contribution in [0.3, 0.4) is 0 Å². The lowest BCUT2D eigenvalue weighted by molar-refractivity contribution is -0.862. The summed E-state index contributed by atoms with van der Waals surface area (Å²) in [5, 5.41) is 5.11. The number of carbonyl (C=O) groups excluding carboxylic acids is 1. The van der Waals surface area contributed by atoms with Crippen molar-refractivity contribution in [1.29, 1.82) is 0 Å². The molecule has 0 spiro atoms. The molecule has 0 aromatic carbocycles. The SMILES string of the molecule is CC(=NNC(=O)C[N+](C)(C)C)c1sc(-c2cccnc2)nc1C.[Cl-]. The molecular weight excluding hydrogens is 346 g/mol. The number of thiazole rings is 1. The Morgan fingerprint density at radius 3 is 2.67 bits per heavy atom. The number of pyridine rings is 1. The van der Waals surface area contributed by atoms with E-state index in [-0.39, 0.29) is 18.3 Å². The van der Waals surface area contributed by atoms with Gasteiger partial charge in [0.1, 0.15) is 5.01 Å². The van der Waals surface area contributed by atoms with Gasteiger partial charge >= 0.3 is 0 Å². The molecule has 0 aliphatic rings. The fraction of sp³-hybridized carbons (Fsp3) is 0.375. The second kappa shape index (κ2) is 8.32. The predicted octanol–water partition coefficient (Wildman–Crippen LogP) is -0.936. The number of rotatable bonds is 5. The summed E-state index contributed by atoms with van der Waals surface area (Å²) in [7, 11) is 5.89. The van der Waals surface area contributed by atoms with E-state index in [1.54, 1.807) is 23.7 Å². The number of nitrogens with one attached hydrogen (secondary N) is 1. The lowest BCUT2D eigenvalue weighted by Crippen LogP contribution is -3.00. The maximum Gasteiger partial charge on any atom is 0.295 e. The number of amides is 1. The van der Waals surface area contributed by atoms with Crippen molar-refractivity contribution in [2.24, 2.45) is 5.10 Å². The Bertz CT molecular complexity index is 722. The van der Waals surface area contributed by atoms with E-state index < -0.39 is 0 Å². The number of likely N-dealkylation sites (N-methyl/N-ethyl adjacent to an activating group) is 1. The first-order valence-corrected chi connectivity index (χ1v) is 8.10. The monoisotopic (exact) mass is 367 g/mol. The van der Waals surface area contributed by atoms with Gasteiger partial charge in [-0.1, -0.05) is 0 Å². The molecule has 130 valence electrons. The summed E-state index contributed by atoms with van der Waals surface area (Å²) < 4.78 is 0.561. The number of halogens is 1. The minimum atomic E-state index is -0.105. The quantitative estimate of drug-likeness (QED) is 0.421. The van der Waals surface area contributed by atoms with E-state index in [0.29, 0.717) is 11.0 Å². The van der Waals surface area contributed by atoms with Gasteiger partial charge in [0.25, 0.3) is 5.91 Å². The maximum absolute atomic E-state index is 11.9. The third-order valence-electron chi connectivity index (χ3n) is 3.00. The molecule has 0 fully saturated rings. The van der Waals surface area contributed by atoms with Crippen LogP contribution in [0.5, 0.6) is 0 Å². The molecule has 1 amide bonds. The van der Waals surface area contributed by atoms with Crippen LogP contribution in [0.1, 0.15) is 17.5 Å². The first-order valence-electron chi connectivity index (χ1n) is 7.28. The lowest BCUT2D eigenvalue weighted by atomic mass is 10.3. The number of hydrogen-bond donors (Lipinski definition) is 1. The predicted molar refractivity (Wildman–Crippen MR) is 93.3 cm³/mol. The molecule has 0 saturated carbocycles. The molecule has 2 aromatic heterocycles. The number of nitrogens with zero attached hydrogens (tertiary/aromatic N) is 4. The van der Waals surface area contributed by atoms with Crippen LogP contribution >= 0.6 is 11.3 Å². The second-order valence-corrected chi connectivity index (χ2v) is 7.35. The molecule has 0 atom stereocenters. The third-order valence-corrected chi connectivity index (χ3v) is 4.32. The maximum atomic E-state index is 11.9. The van der Waals surface area contributed by atoms with Crippen LogP contribution in [0.15, 0.2) is 29.6 Å². The van der Waals surface area contributed by atoms with Gasteiger partial charge in [0.05, 0.1) is 37.4 Å². The number of carbonyl (C=O) groups is 1. The first-order chi connectivity index (χ1) is 10.8. The molecule has 0 aliphatic carbocycles. The first kappa shape index (κ1) is 20.2. The van der Waals surface area contributed by atoms with Crippen molar-refractivity contribution < 1.29 is 21.7 Å². The largest absolute Gasteiger partial charge is 1.00 e. The number of hydrogen-bond acceptors (Lipinski definition) is 5. The van der Waals surface area contributed by atoms with E-state index in [1.807, 2.05) is 47.1 Å². The van der Waals surface area contributed by atoms with Gasteiger partial charge in [0.2, 0.25) is 0 Å². The smallest absolute Gasteiger partial charge is 0.295 e. The molecule has 0 aliphatic heterocycles. The molecule has 0 radical (unpaired) electrons. The van der Waals surface area contributed by atoms with Gasteiger partial charge in [-0.3, -0.25) is 9.78 Å². The molecule has 0 bridgehead atoms. The molecule has 24 heavy (non-hydrogen) atoms. The van der Waals surface area contributed by atoms with Gasteiger partial charge < -0.3 is 16.9 Å². The third kappa shape index (κ3) is 5.67.